The van der Waals surface area contributed by atoms with E-state index in [4.69, 9.17) is 21.8 Å². The molecular formula is C12H17ClN2O3. The van der Waals surface area contributed by atoms with E-state index in [1.165, 1.54) is 12.1 Å². The Labute approximate surface area is 111 Å². The summed E-state index contributed by atoms with van der Waals surface area (Å²) >= 11 is 5.73. The highest BCUT2D eigenvalue weighted by Crippen LogP contribution is 2.17. The average molecular weight is 273 g/mol. The van der Waals surface area contributed by atoms with Crippen LogP contribution in [0.4, 0.5) is 5.82 Å². The van der Waals surface area contributed by atoms with Crippen molar-refractivity contribution in [3.05, 3.63) is 22.8 Å². The van der Waals surface area contributed by atoms with Crippen LogP contribution in [-0.4, -0.2) is 34.3 Å². The first-order valence-corrected chi connectivity index (χ1v) is 6.17. The van der Waals surface area contributed by atoms with Gasteiger partial charge in [0.1, 0.15) is 16.5 Å². The molecule has 0 fully saturated rings. The number of anilines is 1. The summed E-state index contributed by atoms with van der Waals surface area (Å²) in [5, 5.41) is 21.1. The molecule has 100 valence electrons. The molecule has 0 radical (unpaired) electrons. The van der Waals surface area contributed by atoms with Gasteiger partial charge in [0.2, 0.25) is 0 Å². The number of aromatic carboxylic acids is 1. The van der Waals surface area contributed by atoms with Gasteiger partial charge in [-0.05, 0) is 30.9 Å². The summed E-state index contributed by atoms with van der Waals surface area (Å²) in [4.78, 5) is 14.9. The molecule has 18 heavy (non-hydrogen) atoms. The Balaban J connectivity index is 2.55. The minimum atomic E-state index is -1.04. The molecule has 0 aliphatic rings. The molecule has 3 N–H and O–H groups in total. The number of rotatable bonds is 7. The Morgan fingerprint density at radius 1 is 1.56 bits per heavy atom. The first-order valence-electron chi connectivity index (χ1n) is 5.79. The monoisotopic (exact) mass is 272 g/mol. The Kier molecular flexibility index (Phi) is 5.88. The van der Waals surface area contributed by atoms with E-state index in [-0.39, 0.29) is 29.1 Å². The Hall–Kier alpha value is -1.33. The third kappa shape index (κ3) is 4.50. The molecule has 1 aromatic heterocycles. The van der Waals surface area contributed by atoms with Gasteiger partial charge in [-0.3, -0.25) is 0 Å². The topological polar surface area (TPSA) is 82.5 Å². The van der Waals surface area contributed by atoms with Crippen LogP contribution < -0.4 is 5.32 Å². The van der Waals surface area contributed by atoms with Gasteiger partial charge in [-0.25, -0.2) is 9.78 Å². The zero-order valence-corrected chi connectivity index (χ0v) is 10.9. The van der Waals surface area contributed by atoms with Crippen molar-refractivity contribution in [3.8, 4) is 0 Å². The maximum atomic E-state index is 11.0. The van der Waals surface area contributed by atoms with Crippen LogP contribution in [0.2, 0.25) is 5.15 Å². The number of hydrogen-bond donors (Lipinski definition) is 3. The van der Waals surface area contributed by atoms with Crippen LogP contribution in [0, 0.1) is 5.92 Å². The Morgan fingerprint density at radius 3 is 2.89 bits per heavy atom. The van der Waals surface area contributed by atoms with Gasteiger partial charge in [-0.1, -0.05) is 18.5 Å². The first-order chi connectivity index (χ1) is 8.54. The number of carboxylic acid groups (broad SMARTS) is 1. The van der Waals surface area contributed by atoms with Crippen molar-refractivity contribution >= 4 is 23.4 Å². The number of nitrogens with zero attached hydrogens (tertiary/aromatic N) is 1. The third-order valence-electron chi connectivity index (χ3n) is 2.57. The van der Waals surface area contributed by atoms with Crippen LogP contribution in [0.5, 0.6) is 0 Å². The van der Waals surface area contributed by atoms with Crippen LogP contribution in [0.1, 0.15) is 30.1 Å². The van der Waals surface area contributed by atoms with Gasteiger partial charge < -0.3 is 15.5 Å². The number of aliphatic hydroxyl groups excluding tert-OH is 1. The molecule has 0 aromatic carbocycles. The average Bonchev–Trinajstić information content (AvgIpc) is 2.34. The van der Waals surface area contributed by atoms with E-state index >= 15 is 0 Å². The largest absolute Gasteiger partial charge is 0.478 e. The van der Waals surface area contributed by atoms with Crippen LogP contribution in [-0.2, 0) is 0 Å². The van der Waals surface area contributed by atoms with Crippen LogP contribution in [0.25, 0.3) is 0 Å². The molecule has 5 nitrogen and oxygen atoms in total. The van der Waals surface area contributed by atoms with Crippen LogP contribution in [0.15, 0.2) is 12.1 Å². The molecule has 0 amide bonds. The lowest BCUT2D eigenvalue weighted by molar-refractivity contribution is 0.0697. The number of carboxylic acids is 1. The summed E-state index contributed by atoms with van der Waals surface area (Å²) in [5.74, 6) is -0.505. The highest BCUT2D eigenvalue weighted by molar-refractivity contribution is 6.29. The minimum Gasteiger partial charge on any atom is -0.478 e. The zero-order chi connectivity index (χ0) is 13.5. The number of pyridine rings is 1. The van der Waals surface area contributed by atoms with Crippen molar-refractivity contribution in [1.82, 2.24) is 4.98 Å². The van der Waals surface area contributed by atoms with E-state index in [9.17, 15) is 4.79 Å². The number of aliphatic hydroxyl groups is 1. The van der Waals surface area contributed by atoms with E-state index in [1.807, 2.05) is 6.92 Å². The molecule has 0 aliphatic heterocycles. The number of aromatic nitrogens is 1. The summed E-state index contributed by atoms with van der Waals surface area (Å²) in [7, 11) is 0. The molecule has 0 saturated heterocycles. The van der Waals surface area contributed by atoms with Crippen molar-refractivity contribution in [3.63, 3.8) is 0 Å². The lowest BCUT2D eigenvalue weighted by Gasteiger charge is -2.10. The van der Waals surface area contributed by atoms with E-state index in [1.54, 1.807) is 0 Å². The molecule has 6 heteroatoms. The van der Waals surface area contributed by atoms with E-state index < -0.39 is 5.97 Å². The van der Waals surface area contributed by atoms with Crippen LogP contribution in [0.3, 0.4) is 0 Å². The molecule has 1 aromatic rings. The van der Waals surface area contributed by atoms with Crippen molar-refractivity contribution in [2.45, 2.75) is 19.8 Å². The smallest absolute Gasteiger partial charge is 0.339 e. The molecule has 0 aliphatic carbocycles. The SMILES string of the molecule is CC(CO)CCCNc1nc(Cl)ccc1C(=O)O. The molecule has 1 atom stereocenters. The predicted molar refractivity (Wildman–Crippen MR) is 70.2 cm³/mol. The van der Waals surface area contributed by atoms with Gasteiger partial charge in [0, 0.05) is 13.2 Å². The van der Waals surface area contributed by atoms with Crippen molar-refractivity contribution in [1.29, 1.82) is 0 Å². The number of carbonyl (C=O) groups is 1. The van der Waals surface area contributed by atoms with Crippen LogP contribution >= 0.6 is 11.6 Å². The molecular weight excluding hydrogens is 256 g/mol. The number of hydrogen-bond acceptors (Lipinski definition) is 4. The maximum Gasteiger partial charge on any atom is 0.339 e. The fraction of sp³-hybridized carbons (Fsp3) is 0.500. The molecule has 1 unspecified atom stereocenters. The summed E-state index contributed by atoms with van der Waals surface area (Å²) in [6.45, 7) is 2.72. The molecule has 0 saturated carbocycles. The number of nitrogens with one attached hydrogen (secondary N) is 1. The zero-order valence-electron chi connectivity index (χ0n) is 10.2. The summed E-state index contributed by atoms with van der Waals surface area (Å²) in [6, 6.07) is 2.88. The summed E-state index contributed by atoms with van der Waals surface area (Å²) in [5.41, 5.74) is 0.106. The normalized spacial score (nSPS) is 12.2. The Bertz CT molecular complexity index is 412. The standard InChI is InChI=1S/C12H17ClN2O3/c1-8(7-16)3-2-6-14-11-9(12(17)18)4-5-10(13)15-11/h4-5,8,16H,2-3,6-7H2,1H3,(H,14,15)(H,17,18). The summed E-state index contributed by atoms with van der Waals surface area (Å²) in [6.07, 6.45) is 1.70. The van der Waals surface area contributed by atoms with Crippen molar-refractivity contribution in [2.24, 2.45) is 5.92 Å². The maximum absolute atomic E-state index is 11.0. The first kappa shape index (κ1) is 14.7. The van der Waals surface area contributed by atoms with Gasteiger partial charge in [0.05, 0.1) is 0 Å². The Morgan fingerprint density at radius 2 is 2.28 bits per heavy atom. The lowest BCUT2D eigenvalue weighted by Crippen LogP contribution is -2.11. The summed E-state index contributed by atoms with van der Waals surface area (Å²) < 4.78 is 0. The van der Waals surface area contributed by atoms with Crippen molar-refractivity contribution in [2.75, 3.05) is 18.5 Å². The second-order valence-electron chi connectivity index (χ2n) is 4.19. The number of halogens is 1. The van der Waals surface area contributed by atoms with Gasteiger partial charge in [-0.2, -0.15) is 0 Å². The molecule has 1 heterocycles. The predicted octanol–water partition coefficient (Wildman–Crippen LogP) is 2.25. The lowest BCUT2D eigenvalue weighted by atomic mass is 10.1. The van der Waals surface area contributed by atoms with Crippen molar-refractivity contribution < 1.29 is 15.0 Å². The van der Waals surface area contributed by atoms with Gasteiger partial charge >= 0.3 is 5.97 Å². The van der Waals surface area contributed by atoms with Gasteiger partial charge in [-0.15, -0.1) is 0 Å². The van der Waals surface area contributed by atoms with E-state index in [2.05, 4.69) is 10.3 Å². The van der Waals surface area contributed by atoms with E-state index in [0.717, 1.165) is 12.8 Å². The van der Waals surface area contributed by atoms with Gasteiger partial charge in [0.15, 0.2) is 0 Å². The molecule has 0 spiro atoms. The second kappa shape index (κ2) is 7.18. The second-order valence-corrected chi connectivity index (χ2v) is 4.58. The minimum absolute atomic E-state index is 0.106. The highest BCUT2D eigenvalue weighted by Gasteiger charge is 2.11. The fourth-order valence-electron chi connectivity index (χ4n) is 1.49. The quantitative estimate of drug-likeness (QED) is 0.524. The van der Waals surface area contributed by atoms with Gasteiger partial charge in [0.25, 0.3) is 0 Å². The third-order valence-corrected chi connectivity index (χ3v) is 2.78. The highest BCUT2D eigenvalue weighted by atomic mass is 35.5. The molecule has 1 rings (SSSR count). The fourth-order valence-corrected chi connectivity index (χ4v) is 1.64. The van der Waals surface area contributed by atoms with E-state index in [0.29, 0.717) is 6.54 Å². The molecule has 0 bridgehead atoms.